The summed E-state index contributed by atoms with van der Waals surface area (Å²) in [6, 6.07) is 15.6. The largest absolute Gasteiger partial charge is 0.497 e. The fourth-order valence-corrected chi connectivity index (χ4v) is 3.06. The number of hydrazine groups is 1. The lowest BCUT2D eigenvalue weighted by molar-refractivity contribution is -0.125. The van der Waals surface area contributed by atoms with Crippen molar-refractivity contribution < 1.29 is 23.9 Å². The van der Waals surface area contributed by atoms with Crippen LogP contribution in [0.15, 0.2) is 60.0 Å². The van der Waals surface area contributed by atoms with E-state index in [-0.39, 0.29) is 5.69 Å². The van der Waals surface area contributed by atoms with Crippen LogP contribution in [0.25, 0.3) is 10.6 Å². The molecule has 148 valence electrons. The zero-order chi connectivity index (χ0) is 20.6. The minimum atomic E-state index is -0.731. The molecule has 0 spiro atoms. The molecule has 8 nitrogen and oxygen atoms in total. The van der Waals surface area contributed by atoms with Crippen LogP contribution < -0.4 is 15.6 Å². The van der Waals surface area contributed by atoms with Crippen molar-refractivity contribution in [2.75, 3.05) is 13.7 Å². The smallest absolute Gasteiger partial charge is 0.358 e. The Morgan fingerprint density at radius 2 is 1.72 bits per heavy atom. The van der Waals surface area contributed by atoms with Crippen molar-refractivity contribution in [2.24, 2.45) is 0 Å². The number of methoxy groups -OCH3 is 1. The average molecular weight is 411 g/mol. The van der Waals surface area contributed by atoms with Crippen LogP contribution in [-0.2, 0) is 9.53 Å². The maximum Gasteiger partial charge on any atom is 0.358 e. The van der Waals surface area contributed by atoms with E-state index in [1.165, 1.54) is 11.3 Å². The molecule has 1 heterocycles. The van der Waals surface area contributed by atoms with Crippen LogP contribution in [0.2, 0.25) is 0 Å². The summed E-state index contributed by atoms with van der Waals surface area (Å²) in [5, 5.41) is 2.19. The molecule has 0 aliphatic heterocycles. The van der Waals surface area contributed by atoms with E-state index in [0.29, 0.717) is 10.6 Å². The minimum absolute atomic E-state index is 0.0990. The number of carbonyl (C=O) groups excluding carboxylic acids is 3. The van der Waals surface area contributed by atoms with Crippen molar-refractivity contribution in [2.45, 2.75) is 0 Å². The van der Waals surface area contributed by atoms with Gasteiger partial charge in [0.05, 0.1) is 7.11 Å². The SMILES string of the molecule is COc1ccc(-c2nc(C(=O)OCC(=O)NNC(=O)c3ccccc3)cs2)cc1. The van der Waals surface area contributed by atoms with E-state index in [0.717, 1.165) is 11.3 Å². The number of benzene rings is 2. The van der Waals surface area contributed by atoms with Crippen LogP contribution in [0.4, 0.5) is 0 Å². The molecule has 0 saturated heterocycles. The Balaban J connectivity index is 1.48. The maximum absolute atomic E-state index is 12.1. The van der Waals surface area contributed by atoms with E-state index in [1.807, 2.05) is 12.1 Å². The van der Waals surface area contributed by atoms with E-state index < -0.39 is 24.4 Å². The zero-order valence-electron chi connectivity index (χ0n) is 15.4. The first-order valence-corrected chi connectivity index (χ1v) is 9.36. The quantitative estimate of drug-likeness (QED) is 0.477. The van der Waals surface area contributed by atoms with Gasteiger partial charge in [-0.1, -0.05) is 18.2 Å². The van der Waals surface area contributed by atoms with Gasteiger partial charge in [-0.05, 0) is 36.4 Å². The van der Waals surface area contributed by atoms with Crippen LogP contribution in [-0.4, -0.2) is 36.5 Å². The second kappa shape index (κ2) is 9.47. The van der Waals surface area contributed by atoms with Crippen molar-refractivity contribution >= 4 is 29.1 Å². The van der Waals surface area contributed by atoms with Gasteiger partial charge in [0.25, 0.3) is 11.8 Å². The normalized spacial score (nSPS) is 10.1. The first-order chi connectivity index (χ1) is 14.1. The molecule has 2 aromatic carbocycles. The van der Waals surface area contributed by atoms with Gasteiger partial charge in [-0.3, -0.25) is 20.4 Å². The Kier molecular flexibility index (Phi) is 6.54. The monoisotopic (exact) mass is 411 g/mol. The number of amides is 2. The standard InChI is InChI=1S/C20H17N3O5S/c1-27-15-9-7-14(8-10-15)19-21-16(12-29-19)20(26)28-11-17(24)22-23-18(25)13-5-3-2-4-6-13/h2-10,12H,11H2,1H3,(H,22,24)(H,23,25). The lowest BCUT2D eigenvalue weighted by Gasteiger charge is -2.07. The number of ether oxygens (including phenoxy) is 2. The van der Waals surface area contributed by atoms with Gasteiger partial charge in [0.15, 0.2) is 12.3 Å². The molecule has 0 aliphatic rings. The van der Waals surface area contributed by atoms with Gasteiger partial charge >= 0.3 is 5.97 Å². The third-order valence-corrected chi connectivity index (χ3v) is 4.63. The van der Waals surface area contributed by atoms with Gasteiger partial charge in [0, 0.05) is 16.5 Å². The van der Waals surface area contributed by atoms with Gasteiger partial charge in [0.2, 0.25) is 0 Å². The molecule has 0 bridgehead atoms. The molecular weight excluding hydrogens is 394 g/mol. The van der Waals surface area contributed by atoms with Crippen LogP contribution in [0.1, 0.15) is 20.8 Å². The number of nitrogens with zero attached hydrogens (tertiary/aromatic N) is 1. The van der Waals surface area contributed by atoms with Gasteiger partial charge in [-0.15, -0.1) is 11.3 Å². The fraction of sp³-hybridized carbons (Fsp3) is 0.100. The second-order valence-corrected chi connectivity index (χ2v) is 6.57. The number of thiazole rings is 1. The van der Waals surface area contributed by atoms with Crippen LogP contribution in [0, 0.1) is 0 Å². The average Bonchev–Trinajstić information content (AvgIpc) is 3.27. The Morgan fingerprint density at radius 1 is 1.00 bits per heavy atom. The molecule has 3 aromatic rings. The number of aromatic nitrogens is 1. The van der Waals surface area contributed by atoms with Crippen molar-refractivity contribution in [3.05, 3.63) is 71.2 Å². The highest BCUT2D eigenvalue weighted by Crippen LogP contribution is 2.25. The number of rotatable bonds is 6. The van der Waals surface area contributed by atoms with Crippen molar-refractivity contribution in [3.63, 3.8) is 0 Å². The number of hydrogen-bond acceptors (Lipinski definition) is 7. The molecule has 3 rings (SSSR count). The summed E-state index contributed by atoms with van der Waals surface area (Å²) in [5.41, 5.74) is 5.74. The first-order valence-electron chi connectivity index (χ1n) is 8.48. The second-order valence-electron chi connectivity index (χ2n) is 5.71. The number of nitrogens with one attached hydrogen (secondary N) is 2. The molecule has 9 heteroatoms. The Hall–Kier alpha value is -3.72. The number of esters is 1. The van der Waals surface area contributed by atoms with Crippen LogP contribution in [0.5, 0.6) is 5.75 Å². The predicted octanol–water partition coefficient (Wildman–Crippen LogP) is 2.44. The molecule has 0 aliphatic carbocycles. The molecule has 2 amide bonds. The topological polar surface area (TPSA) is 107 Å². The van der Waals surface area contributed by atoms with Crippen LogP contribution >= 0.6 is 11.3 Å². The molecule has 0 saturated carbocycles. The van der Waals surface area contributed by atoms with Gasteiger partial charge < -0.3 is 9.47 Å². The van der Waals surface area contributed by atoms with Crippen molar-refractivity contribution in [1.29, 1.82) is 0 Å². The fourth-order valence-electron chi connectivity index (χ4n) is 2.26. The molecule has 0 fully saturated rings. The summed E-state index contributed by atoms with van der Waals surface area (Å²) >= 11 is 1.28. The van der Waals surface area contributed by atoms with Crippen LogP contribution in [0.3, 0.4) is 0 Å². The van der Waals surface area contributed by atoms with Gasteiger partial charge in [0.1, 0.15) is 10.8 Å². The Bertz CT molecular complexity index is 1000. The lowest BCUT2D eigenvalue weighted by atomic mass is 10.2. The van der Waals surface area contributed by atoms with Crippen molar-refractivity contribution in [1.82, 2.24) is 15.8 Å². The first kappa shape index (κ1) is 20.0. The van der Waals surface area contributed by atoms with E-state index >= 15 is 0 Å². The molecule has 2 N–H and O–H groups in total. The van der Waals surface area contributed by atoms with E-state index in [9.17, 15) is 14.4 Å². The van der Waals surface area contributed by atoms with Gasteiger partial charge in [-0.25, -0.2) is 9.78 Å². The molecule has 1 aromatic heterocycles. The highest BCUT2D eigenvalue weighted by Gasteiger charge is 2.15. The molecule has 0 radical (unpaired) electrons. The predicted molar refractivity (Wildman–Crippen MR) is 106 cm³/mol. The number of carbonyl (C=O) groups is 3. The molecule has 0 atom stereocenters. The minimum Gasteiger partial charge on any atom is -0.497 e. The molecule has 0 unspecified atom stereocenters. The lowest BCUT2D eigenvalue weighted by Crippen LogP contribution is -2.43. The summed E-state index contributed by atoms with van der Waals surface area (Å²) in [6.45, 7) is -0.552. The summed E-state index contributed by atoms with van der Waals surface area (Å²) in [5.74, 6) is -1.16. The third-order valence-electron chi connectivity index (χ3n) is 3.74. The highest BCUT2D eigenvalue weighted by atomic mass is 32.1. The molecular formula is C20H17N3O5S. The summed E-state index contributed by atoms with van der Waals surface area (Å²) < 4.78 is 10.0. The summed E-state index contributed by atoms with van der Waals surface area (Å²) in [6.07, 6.45) is 0. The Labute approximate surface area is 170 Å². The van der Waals surface area contributed by atoms with E-state index in [1.54, 1.807) is 55.0 Å². The summed E-state index contributed by atoms with van der Waals surface area (Å²) in [4.78, 5) is 39.9. The maximum atomic E-state index is 12.1. The highest BCUT2D eigenvalue weighted by molar-refractivity contribution is 7.13. The van der Waals surface area contributed by atoms with Crippen molar-refractivity contribution in [3.8, 4) is 16.3 Å². The number of hydrogen-bond donors (Lipinski definition) is 2. The Morgan fingerprint density at radius 3 is 2.41 bits per heavy atom. The van der Waals surface area contributed by atoms with E-state index in [2.05, 4.69) is 15.8 Å². The van der Waals surface area contributed by atoms with E-state index in [4.69, 9.17) is 9.47 Å². The third kappa shape index (κ3) is 5.39. The summed E-state index contributed by atoms with van der Waals surface area (Å²) in [7, 11) is 1.58. The zero-order valence-corrected chi connectivity index (χ0v) is 16.2. The van der Waals surface area contributed by atoms with Gasteiger partial charge in [-0.2, -0.15) is 0 Å². The molecule has 29 heavy (non-hydrogen) atoms.